The molecule has 0 aliphatic rings. The number of aliphatic hydroxyl groups is 2. The number of nitrogens with zero attached hydrogens (tertiary/aromatic N) is 8. The molecule has 0 saturated heterocycles. The number of nitrogens with one attached hydrogen (secondary N) is 4. The van der Waals surface area contributed by atoms with Crippen LogP contribution in [-0.2, 0) is 49.9 Å². The average molecular weight is 1250 g/mol. The first-order valence-electron chi connectivity index (χ1n) is 22.7. The second kappa shape index (κ2) is 34.6. The normalized spacial score (nSPS) is 11.5. The van der Waals surface area contributed by atoms with Crippen LogP contribution in [-0.4, -0.2) is 180 Å². The van der Waals surface area contributed by atoms with Crippen LogP contribution in [0.2, 0.25) is 0 Å². The van der Waals surface area contributed by atoms with Crippen molar-refractivity contribution in [1.82, 2.24) is 29.9 Å². The Morgan fingerprint density at radius 2 is 0.817 bits per heavy atom. The van der Waals surface area contributed by atoms with E-state index in [4.69, 9.17) is 9.47 Å². The molecule has 0 fully saturated rings. The molecule has 0 saturated carbocycles. The molecule has 0 aliphatic heterocycles. The van der Waals surface area contributed by atoms with Gasteiger partial charge >= 0.3 is 118 Å². The molecule has 2 heterocycles. The Labute approximate surface area is 560 Å². The number of phenols is 2. The standard InChI is InChI=1S/C44H52N12O18S4.4Na/c57-19-23-73-21-17-55(33-7-11-35(59)12-8-33)43-51-39(45-15-25-75(61,62)63)49-41(53-43)47-31-5-3-29(37(27-31)77(67,68)69)1-2-30-4-6-32(28-38(30)78(70,71)72)48-42-50-40(46-16-26-76(64,65)66)52-44(54-42)56(18-22-74-24-20-58)34-9-13-36(60)14-10-34;;;;/h1-14,27-28,57-60H,15-26H2,(H,61,62,63)(H,64,65,66)(H,67,68,69)(H,70,71,72)(H2,45,47,49,51,53)(H2,46,48,50,52,54);;;;/q;4*+1/p-4/b2-1+;;;;. The fourth-order valence-electron chi connectivity index (χ4n) is 6.79. The molecule has 82 heavy (non-hydrogen) atoms. The van der Waals surface area contributed by atoms with Crippen molar-refractivity contribution in [2.75, 3.05) is 108 Å². The molecule has 6 rings (SSSR count). The van der Waals surface area contributed by atoms with Gasteiger partial charge in [0.05, 0.1) is 81.2 Å². The zero-order valence-electron chi connectivity index (χ0n) is 44.4. The summed E-state index contributed by atoms with van der Waals surface area (Å²) < 4.78 is 156. The Morgan fingerprint density at radius 1 is 0.476 bits per heavy atom. The van der Waals surface area contributed by atoms with Crippen molar-refractivity contribution in [3.05, 3.63) is 96.1 Å². The number of hydrogen-bond donors (Lipinski definition) is 8. The zero-order valence-corrected chi connectivity index (χ0v) is 55.7. The van der Waals surface area contributed by atoms with E-state index in [0.29, 0.717) is 11.4 Å². The number of hydrogen-bond acceptors (Lipinski definition) is 30. The summed E-state index contributed by atoms with van der Waals surface area (Å²) in [5, 5.41) is 49.0. The van der Waals surface area contributed by atoms with E-state index in [9.17, 15) is 72.3 Å². The quantitative estimate of drug-likeness (QED) is 0.00898. The Hall–Kier alpha value is -3.48. The van der Waals surface area contributed by atoms with Crippen molar-refractivity contribution in [3.63, 3.8) is 0 Å². The van der Waals surface area contributed by atoms with Gasteiger partial charge in [-0.15, -0.1) is 0 Å². The Bertz CT molecular complexity index is 3310. The number of phenolic OH excluding ortho intramolecular Hbond substituents is 2. The molecule has 0 spiro atoms. The molecular weight excluding hydrogens is 1200 g/mol. The Morgan fingerprint density at radius 3 is 1.13 bits per heavy atom. The van der Waals surface area contributed by atoms with Gasteiger partial charge in [0.15, 0.2) is 0 Å². The monoisotopic (exact) mass is 1250 g/mol. The molecule has 0 unspecified atom stereocenters. The minimum absolute atomic E-state index is 0. The topological polar surface area (TPSA) is 460 Å². The van der Waals surface area contributed by atoms with Gasteiger partial charge < -0.3 is 79.2 Å². The van der Waals surface area contributed by atoms with Gasteiger partial charge in [-0.3, -0.25) is 0 Å². The van der Waals surface area contributed by atoms with Gasteiger partial charge in [0.2, 0.25) is 35.7 Å². The summed E-state index contributed by atoms with van der Waals surface area (Å²) in [6.45, 7) is -1.42. The third-order valence-corrected chi connectivity index (χ3v) is 13.4. The van der Waals surface area contributed by atoms with Gasteiger partial charge in [-0.2, -0.15) is 29.9 Å². The average Bonchev–Trinajstić information content (AvgIpc) is 3.36. The maximum absolute atomic E-state index is 12.8. The minimum atomic E-state index is -5.34. The number of aliphatic hydroxyl groups excluding tert-OH is 2. The van der Waals surface area contributed by atoms with E-state index in [1.54, 1.807) is 0 Å². The van der Waals surface area contributed by atoms with Crippen LogP contribution in [0.4, 0.5) is 58.4 Å². The van der Waals surface area contributed by atoms with Gasteiger partial charge in [0.1, 0.15) is 31.7 Å². The molecule has 4 aromatic carbocycles. The van der Waals surface area contributed by atoms with Gasteiger partial charge in [-0.25, -0.2) is 33.7 Å². The van der Waals surface area contributed by atoms with Gasteiger partial charge in [0.25, 0.3) is 0 Å². The molecule has 0 bridgehead atoms. The predicted octanol–water partition coefficient (Wildman–Crippen LogP) is -10.8. The summed E-state index contributed by atoms with van der Waals surface area (Å²) in [4.78, 5) is 27.2. The van der Waals surface area contributed by atoms with E-state index in [1.807, 2.05) is 0 Å². The number of aromatic hydroxyl groups is 2. The van der Waals surface area contributed by atoms with E-state index in [-0.39, 0.29) is 241 Å². The number of aromatic nitrogens is 6. The molecule has 2 aromatic heterocycles. The van der Waals surface area contributed by atoms with Crippen LogP contribution in [0.5, 0.6) is 11.5 Å². The zero-order chi connectivity index (χ0) is 56.7. The molecule has 0 atom stereocenters. The van der Waals surface area contributed by atoms with Gasteiger partial charge in [-0.05, 0) is 83.9 Å². The summed E-state index contributed by atoms with van der Waals surface area (Å²) in [5.74, 6) is -3.29. The van der Waals surface area contributed by atoms with Crippen molar-refractivity contribution in [3.8, 4) is 11.5 Å². The van der Waals surface area contributed by atoms with Gasteiger partial charge in [-0.1, -0.05) is 24.3 Å². The van der Waals surface area contributed by atoms with Crippen molar-refractivity contribution < 1.29 is 200 Å². The van der Waals surface area contributed by atoms with Crippen LogP contribution in [0.15, 0.2) is 94.7 Å². The summed E-state index contributed by atoms with van der Waals surface area (Å²) in [6.07, 6.45) is 2.10. The summed E-state index contributed by atoms with van der Waals surface area (Å²) in [7, 11) is -20.1. The number of benzene rings is 4. The van der Waals surface area contributed by atoms with Gasteiger partial charge in [0, 0.05) is 48.9 Å². The number of rotatable bonds is 30. The first-order valence-corrected chi connectivity index (χ1v) is 28.6. The van der Waals surface area contributed by atoms with E-state index in [2.05, 4.69) is 51.2 Å². The third-order valence-electron chi connectivity index (χ3n) is 10.2. The van der Waals surface area contributed by atoms with Crippen molar-refractivity contribution in [1.29, 1.82) is 0 Å². The summed E-state index contributed by atoms with van der Waals surface area (Å²) in [6, 6.07) is 18.2. The van der Waals surface area contributed by atoms with Crippen molar-refractivity contribution in [2.45, 2.75) is 9.79 Å². The van der Waals surface area contributed by atoms with Crippen LogP contribution >= 0.6 is 0 Å². The maximum Gasteiger partial charge on any atom is 1.00 e. The molecule has 420 valence electrons. The largest absolute Gasteiger partial charge is 1.00 e. The second-order valence-electron chi connectivity index (χ2n) is 15.9. The molecule has 0 amide bonds. The summed E-state index contributed by atoms with van der Waals surface area (Å²) >= 11 is 0. The van der Waals surface area contributed by atoms with Crippen LogP contribution < -0.4 is 149 Å². The predicted molar refractivity (Wildman–Crippen MR) is 276 cm³/mol. The minimum Gasteiger partial charge on any atom is -0.748 e. The fourth-order valence-corrected chi connectivity index (χ4v) is 8.88. The molecule has 0 radical (unpaired) electrons. The van der Waals surface area contributed by atoms with Crippen LogP contribution in [0.25, 0.3) is 12.2 Å². The van der Waals surface area contributed by atoms with Crippen LogP contribution in [0, 0.1) is 0 Å². The van der Waals surface area contributed by atoms with E-state index in [1.165, 1.54) is 70.5 Å². The SMILES string of the molecule is O=S(=O)([O-])CCNc1nc(Nc2ccc(/C=C/c3ccc(Nc4nc(NCCS(=O)(=O)[O-])nc(N(CCOCCO)c5ccc(O)cc5)n4)cc3S(=O)(=O)[O-])c(S(=O)(=O)[O-])c2)nc(N(CCOCCO)c2ccc(O)cc2)n1.[Na+].[Na+].[Na+].[Na+]. The van der Waals surface area contributed by atoms with Crippen LogP contribution in [0.3, 0.4) is 0 Å². The Kier molecular flexibility index (Phi) is 31.5. The van der Waals surface area contributed by atoms with E-state index < -0.39 is 74.9 Å². The van der Waals surface area contributed by atoms with E-state index >= 15 is 0 Å². The Balaban J connectivity index is 0.00000574. The smallest absolute Gasteiger partial charge is 0.748 e. The molecule has 30 nitrogen and oxygen atoms in total. The van der Waals surface area contributed by atoms with Crippen molar-refractivity contribution >= 4 is 111 Å². The van der Waals surface area contributed by atoms with E-state index in [0.717, 1.165) is 36.4 Å². The number of ether oxygens (including phenoxy) is 2. The van der Waals surface area contributed by atoms with Crippen molar-refractivity contribution in [2.24, 2.45) is 0 Å². The third kappa shape index (κ3) is 24.5. The summed E-state index contributed by atoms with van der Waals surface area (Å²) in [5.41, 5.74) is 0.0292. The van der Waals surface area contributed by atoms with Crippen LogP contribution in [0.1, 0.15) is 11.1 Å². The molecular formula is C44H48N12Na4O18S4. The molecule has 8 N–H and O–H groups in total. The second-order valence-corrected chi connectivity index (χ2v) is 21.7. The first-order chi connectivity index (χ1) is 36.9. The maximum atomic E-state index is 12.8. The molecule has 0 aliphatic carbocycles. The number of anilines is 10. The fraction of sp³-hybridized carbons (Fsp3) is 0.273. The molecule has 6 aromatic rings. The first kappa shape index (κ1) is 74.6. The molecule has 38 heteroatoms.